The van der Waals surface area contributed by atoms with E-state index < -0.39 is 0 Å². The van der Waals surface area contributed by atoms with Gasteiger partial charge in [-0.3, -0.25) is 4.79 Å². The van der Waals surface area contributed by atoms with Gasteiger partial charge < -0.3 is 15.5 Å². The highest BCUT2D eigenvalue weighted by molar-refractivity contribution is 8.00. The van der Waals surface area contributed by atoms with Crippen LogP contribution in [-0.4, -0.2) is 17.7 Å². The summed E-state index contributed by atoms with van der Waals surface area (Å²) >= 11 is 1.73. The van der Waals surface area contributed by atoms with E-state index in [9.17, 15) is 4.79 Å². The summed E-state index contributed by atoms with van der Waals surface area (Å²) in [6, 6.07) is 11.8. The summed E-state index contributed by atoms with van der Waals surface area (Å²) in [5.41, 5.74) is 5.96. The number of carbonyl (C=O) groups is 1. The Bertz CT molecular complexity index is 554. The van der Waals surface area contributed by atoms with Crippen molar-refractivity contribution in [2.45, 2.75) is 23.6 Å². The molecule has 0 bridgehead atoms. The summed E-state index contributed by atoms with van der Waals surface area (Å²) in [5, 5.41) is 3.19. The van der Waals surface area contributed by atoms with Crippen molar-refractivity contribution >= 4 is 17.7 Å². The Labute approximate surface area is 122 Å². The predicted octanol–water partition coefficient (Wildman–Crippen LogP) is 2.65. The second kappa shape index (κ2) is 7.17. The average Bonchev–Trinajstić information content (AvgIpc) is 2.95. The fourth-order valence-corrected chi connectivity index (χ4v) is 2.66. The summed E-state index contributed by atoms with van der Waals surface area (Å²) in [4.78, 5) is 13.1. The van der Waals surface area contributed by atoms with Crippen molar-refractivity contribution in [3.63, 3.8) is 0 Å². The maximum absolute atomic E-state index is 11.9. The molecule has 1 unspecified atom stereocenters. The first-order chi connectivity index (χ1) is 9.69. The van der Waals surface area contributed by atoms with Crippen molar-refractivity contribution < 1.29 is 9.21 Å². The molecule has 20 heavy (non-hydrogen) atoms. The highest BCUT2D eigenvalue weighted by Crippen LogP contribution is 2.22. The van der Waals surface area contributed by atoms with E-state index in [1.807, 2.05) is 18.2 Å². The molecule has 3 N–H and O–H groups in total. The second-order valence-electron chi connectivity index (χ2n) is 4.46. The van der Waals surface area contributed by atoms with E-state index in [-0.39, 0.29) is 5.91 Å². The van der Waals surface area contributed by atoms with Crippen LogP contribution in [0.15, 0.2) is 52.0 Å². The molecule has 1 heterocycles. The van der Waals surface area contributed by atoms with E-state index in [0.717, 1.165) is 0 Å². The van der Waals surface area contributed by atoms with Crippen LogP contribution in [0.5, 0.6) is 0 Å². The molecule has 0 aliphatic carbocycles. The molecule has 1 aromatic carbocycles. The number of hydrogen-bond donors (Lipinski definition) is 2. The van der Waals surface area contributed by atoms with E-state index in [0.29, 0.717) is 29.7 Å². The van der Waals surface area contributed by atoms with Crippen molar-refractivity contribution in [3.05, 3.63) is 54.0 Å². The van der Waals surface area contributed by atoms with Crippen LogP contribution in [0.2, 0.25) is 0 Å². The SMILES string of the molecule is CC(CNC(=O)c1coc(CN)c1)Sc1ccccc1. The van der Waals surface area contributed by atoms with Crippen LogP contribution in [0, 0.1) is 0 Å². The summed E-state index contributed by atoms with van der Waals surface area (Å²) in [5.74, 6) is 0.482. The summed E-state index contributed by atoms with van der Waals surface area (Å²) in [7, 11) is 0. The van der Waals surface area contributed by atoms with Gasteiger partial charge in [-0.15, -0.1) is 11.8 Å². The number of nitrogens with one attached hydrogen (secondary N) is 1. The Morgan fingerprint density at radius 3 is 2.80 bits per heavy atom. The van der Waals surface area contributed by atoms with Gasteiger partial charge in [0.1, 0.15) is 12.0 Å². The van der Waals surface area contributed by atoms with Crippen molar-refractivity contribution in [2.75, 3.05) is 6.54 Å². The molecule has 0 saturated carbocycles. The minimum atomic E-state index is -0.131. The summed E-state index contributed by atoms with van der Waals surface area (Å²) in [6.07, 6.45) is 1.44. The number of benzene rings is 1. The first-order valence-corrected chi connectivity index (χ1v) is 7.34. The van der Waals surface area contributed by atoms with Crippen LogP contribution >= 0.6 is 11.8 Å². The van der Waals surface area contributed by atoms with Crippen LogP contribution < -0.4 is 11.1 Å². The molecule has 2 aromatic rings. The van der Waals surface area contributed by atoms with Crippen molar-refractivity contribution in [1.29, 1.82) is 0 Å². The molecule has 1 amide bonds. The molecular formula is C15H18N2O2S. The van der Waals surface area contributed by atoms with Gasteiger partial charge in [-0.1, -0.05) is 25.1 Å². The lowest BCUT2D eigenvalue weighted by Gasteiger charge is -2.11. The van der Waals surface area contributed by atoms with E-state index in [4.69, 9.17) is 10.2 Å². The number of rotatable bonds is 6. The van der Waals surface area contributed by atoms with Crippen molar-refractivity contribution in [1.82, 2.24) is 5.32 Å². The van der Waals surface area contributed by atoms with Gasteiger partial charge in [0.15, 0.2) is 0 Å². The molecule has 0 radical (unpaired) electrons. The molecule has 0 saturated heterocycles. The van der Waals surface area contributed by atoms with Gasteiger partial charge in [0.25, 0.3) is 5.91 Å². The Kier molecular flexibility index (Phi) is 5.26. The van der Waals surface area contributed by atoms with Crippen LogP contribution in [0.1, 0.15) is 23.0 Å². The fraction of sp³-hybridized carbons (Fsp3) is 0.267. The van der Waals surface area contributed by atoms with E-state index in [2.05, 4.69) is 24.4 Å². The van der Waals surface area contributed by atoms with Crippen molar-refractivity contribution in [3.8, 4) is 0 Å². The lowest BCUT2D eigenvalue weighted by Crippen LogP contribution is -2.29. The average molecular weight is 290 g/mol. The highest BCUT2D eigenvalue weighted by Gasteiger charge is 2.11. The standard InChI is InChI=1S/C15H18N2O2S/c1-11(20-14-5-3-2-4-6-14)9-17-15(18)12-7-13(8-16)19-10-12/h2-7,10-11H,8-9,16H2,1H3,(H,17,18). The molecule has 0 fully saturated rings. The largest absolute Gasteiger partial charge is 0.467 e. The highest BCUT2D eigenvalue weighted by atomic mass is 32.2. The Morgan fingerprint density at radius 1 is 1.40 bits per heavy atom. The number of nitrogens with two attached hydrogens (primary N) is 1. The smallest absolute Gasteiger partial charge is 0.254 e. The first-order valence-electron chi connectivity index (χ1n) is 6.46. The van der Waals surface area contributed by atoms with Crippen LogP contribution in [-0.2, 0) is 6.54 Å². The normalized spacial score (nSPS) is 12.1. The van der Waals surface area contributed by atoms with Gasteiger partial charge in [-0.05, 0) is 18.2 Å². The number of amides is 1. The zero-order valence-corrected chi connectivity index (χ0v) is 12.2. The zero-order chi connectivity index (χ0) is 14.4. The molecule has 5 heteroatoms. The topological polar surface area (TPSA) is 68.3 Å². The molecule has 0 aliphatic heterocycles. The third kappa shape index (κ3) is 4.15. The number of hydrogen-bond acceptors (Lipinski definition) is 4. The summed E-state index contributed by atoms with van der Waals surface area (Å²) < 4.78 is 5.15. The van der Waals surface area contributed by atoms with E-state index in [1.165, 1.54) is 11.2 Å². The molecule has 0 aliphatic rings. The van der Waals surface area contributed by atoms with Crippen LogP contribution in [0.4, 0.5) is 0 Å². The second-order valence-corrected chi connectivity index (χ2v) is 5.97. The predicted molar refractivity (Wildman–Crippen MR) is 80.7 cm³/mol. The van der Waals surface area contributed by atoms with Gasteiger partial charge in [-0.25, -0.2) is 0 Å². The molecule has 2 rings (SSSR count). The van der Waals surface area contributed by atoms with Crippen LogP contribution in [0.25, 0.3) is 0 Å². The lowest BCUT2D eigenvalue weighted by atomic mass is 10.3. The quantitative estimate of drug-likeness (QED) is 0.803. The third-order valence-corrected chi connectivity index (χ3v) is 3.86. The molecule has 1 atom stereocenters. The van der Waals surface area contributed by atoms with Gasteiger partial charge in [0.2, 0.25) is 0 Å². The van der Waals surface area contributed by atoms with Gasteiger partial charge in [-0.2, -0.15) is 0 Å². The molecule has 106 valence electrons. The Morgan fingerprint density at radius 2 is 2.15 bits per heavy atom. The number of furan rings is 1. The van der Waals surface area contributed by atoms with Gasteiger partial charge in [0.05, 0.1) is 12.1 Å². The molecule has 4 nitrogen and oxygen atoms in total. The fourth-order valence-electron chi connectivity index (χ4n) is 1.72. The first kappa shape index (κ1) is 14.7. The number of thioether (sulfide) groups is 1. The van der Waals surface area contributed by atoms with Crippen LogP contribution in [0.3, 0.4) is 0 Å². The maximum atomic E-state index is 11.9. The minimum Gasteiger partial charge on any atom is -0.467 e. The number of carbonyl (C=O) groups excluding carboxylic acids is 1. The monoisotopic (exact) mass is 290 g/mol. The maximum Gasteiger partial charge on any atom is 0.254 e. The van der Waals surface area contributed by atoms with Crippen molar-refractivity contribution in [2.24, 2.45) is 5.73 Å². The summed E-state index contributed by atoms with van der Waals surface area (Å²) in [6.45, 7) is 2.98. The van der Waals surface area contributed by atoms with Gasteiger partial charge in [0, 0.05) is 16.7 Å². The minimum absolute atomic E-state index is 0.131. The van der Waals surface area contributed by atoms with E-state index in [1.54, 1.807) is 17.8 Å². The Hall–Kier alpha value is -1.72. The third-order valence-electron chi connectivity index (χ3n) is 2.75. The molecule has 1 aromatic heterocycles. The molecule has 0 spiro atoms. The zero-order valence-electron chi connectivity index (χ0n) is 11.3. The molecular weight excluding hydrogens is 272 g/mol. The van der Waals surface area contributed by atoms with E-state index >= 15 is 0 Å². The van der Waals surface area contributed by atoms with Gasteiger partial charge >= 0.3 is 0 Å². The Balaban J connectivity index is 1.81. The lowest BCUT2D eigenvalue weighted by molar-refractivity contribution is 0.0953.